The summed E-state index contributed by atoms with van der Waals surface area (Å²) >= 11 is 0. The molecule has 1 aromatic carbocycles. The lowest BCUT2D eigenvalue weighted by molar-refractivity contribution is -0.213. The molecule has 1 N–H and O–H groups in total. The minimum absolute atomic E-state index is 0.0610. The zero-order chi connectivity index (χ0) is 38.2. The Morgan fingerprint density at radius 3 is 1.90 bits per heavy atom. The first-order valence-corrected chi connectivity index (χ1v) is 17.4. The second-order valence-electron chi connectivity index (χ2n) is 15.2. The zero-order valence-electron chi connectivity index (χ0n) is 31.4. The Kier molecular flexibility index (Phi) is 11.9. The Bertz CT molecular complexity index is 1570. The van der Waals surface area contributed by atoms with Gasteiger partial charge in [-0.1, -0.05) is 57.7 Å². The molecule has 12 heteroatoms. The quantitative estimate of drug-likeness (QED) is 0.216. The van der Waals surface area contributed by atoms with Crippen molar-refractivity contribution in [3.8, 4) is 0 Å². The molecule has 2 saturated carbocycles. The Hall–Kier alpha value is -4.03. The molecular formula is C39H53NO11. The van der Waals surface area contributed by atoms with Gasteiger partial charge >= 0.3 is 29.8 Å². The maximum Gasteiger partial charge on any atom is 0.337 e. The highest BCUT2D eigenvalue weighted by molar-refractivity contribution is 5.76. The number of carbonyl (C=O) groups excluding carboxylic acids is 5. The van der Waals surface area contributed by atoms with Gasteiger partial charge in [-0.05, 0) is 73.4 Å². The number of rotatable bonds is 9. The van der Waals surface area contributed by atoms with Crippen molar-refractivity contribution in [1.82, 2.24) is 4.90 Å². The highest BCUT2D eigenvalue weighted by Gasteiger charge is 2.64. The first kappa shape index (κ1) is 39.8. The molecule has 0 aromatic heterocycles. The summed E-state index contributed by atoms with van der Waals surface area (Å²) in [6.45, 7) is 17.2. The Morgan fingerprint density at radius 1 is 0.804 bits per heavy atom. The Labute approximate surface area is 300 Å². The Balaban J connectivity index is 1.88. The van der Waals surface area contributed by atoms with Crippen LogP contribution in [0.1, 0.15) is 86.3 Å². The summed E-state index contributed by atoms with van der Waals surface area (Å²) in [5.74, 6) is -4.13. The second-order valence-corrected chi connectivity index (χ2v) is 15.2. The maximum absolute atomic E-state index is 13.8. The molecule has 4 rings (SSSR count). The third kappa shape index (κ3) is 7.91. The van der Waals surface area contributed by atoms with E-state index in [2.05, 4.69) is 6.58 Å². The van der Waals surface area contributed by atoms with Crippen LogP contribution in [0.15, 0.2) is 53.6 Å². The van der Waals surface area contributed by atoms with E-state index in [0.29, 0.717) is 35.1 Å². The summed E-state index contributed by atoms with van der Waals surface area (Å²) in [5, 5.41) is 11.4. The fourth-order valence-corrected chi connectivity index (χ4v) is 8.87. The molecular weight excluding hydrogens is 658 g/mol. The van der Waals surface area contributed by atoms with Crippen molar-refractivity contribution in [3.05, 3.63) is 59.2 Å². The molecule has 3 aliphatic carbocycles. The molecule has 3 aliphatic rings. The van der Waals surface area contributed by atoms with Gasteiger partial charge in [0.2, 0.25) is 0 Å². The number of hydrogen-bond donors (Lipinski definition) is 1. The van der Waals surface area contributed by atoms with E-state index >= 15 is 0 Å². The molecule has 2 unspecified atom stereocenters. The smallest absolute Gasteiger partial charge is 0.337 e. The number of carbonyl (C=O) groups is 5. The van der Waals surface area contributed by atoms with Gasteiger partial charge in [0.1, 0.15) is 18.3 Å². The molecule has 280 valence electrons. The zero-order valence-corrected chi connectivity index (χ0v) is 31.4. The van der Waals surface area contributed by atoms with Gasteiger partial charge in [0.05, 0.1) is 11.5 Å². The first-order chi connectivity index (χ1) is 23.7. The summed E-state index contributed by atoms with van der Waals surface area (Å²) in [6.07, 6.45) is -5.88. The maximum atomic E-state index is 13.8. The van der Waals surface area contributed by atoms with Crippen molar-refractivity contribution in [1.29, 1.82) is 0 Å². The normalized spacial score (nSPS) is 31.2. The summed E-state index contributed by atoms with van der Waals surface area (Å²) in [5.41, 5.74) is 0.598. The number of benzene rings is 1. The molecule has 0 aliphatic heterocycles. The van der Waals surface area contributed by atoms with Gasteiger partial charge in [-0.15, -0.1) is 0 Å². The number of esters is 5. The van der Waals surface area contributed by atoms with Crippen LogP contribution in [0.25, 0.3) is 0 Å². The van der Waals surface area contributed by atoms with Gasteiger partial charge < -0.3 is 28.8 Å². The van der Waals surface area contributed by atoms with E-state index in [-0.39, 0.29) is 12.3 Å². The summed E-state index contributed by atoms with van der Waals surface area (Å²) in [6, 6.07) is 8.37. The van der Waals surface area contributed by atoms with Crippen LogP contribution in [-0.2, 0) is 47.7 Å². The topological polar surface area (TPSA) is 155 Å². The number of likely N-dealkylation sites (N-methyl/N-ethyl adjacent to an activating group) is 1. The van der Waals surface area contributed by atoms with Crippen LogP contribution in [0.3, 0.4) is 0 Å². The SMILES string of the molecule is C=C1[C@@H](OC(=O)[C@H](O)C(c2ccccc2)N(C)C)C[C@H](OC(C)=O)[C@]2(C)[C@@H]1CC1C[C@H](OC(C)=O)C(C)=C([C@@H](OC(C)=O)[C@@H]2OC(C)=O)C1(C)C. The first-order valence-electron chi connectivity index (χ1n) is 17.4. The molecule has 0 radical (unpaired) electrons. The van der Waals surface area contributed by atoms with E-state index in [4.69, 9.17) is 23.7 Å². The van der Waals surface area contributed by atoms with Crippen molar-refractivity contribution in [3.63, 3.8) is 0 Å². The van der Waals surface area contributed by atoms with Gasteiger partial charge in [0.15, 0.2) is 18.3 Å². The lowest BCUT2D eigenvalue weighted by Gasteiger charge is -2.59. The molecule has 51 heavy (non-hydrogen) atoms. The Morgan fingerprint density at radius 2 is 1.37 bits per heavy atom. The van der Waals surface area contributed by atoms with Crippen molar-refractivity contribution < 1.29 is 52.8 Å². The van der Waals surface area contributed by atoms with Crippen LogP contribution in [0.2, 0.25) is 0 Å². The molecule has 0 amide bonds. The molecule has 0 saturated heterocycles. The molecule has 10 atom stereocenters. The van der Waals surface area contributed by atoms with E-state index < -0.39 is 89.3 Å². The van der Waals surface area contributed by atoms with Gasteiger partial charge in [-0.2, -0.15) is 0 Å². The lowest BCUT2D eigenvalue weighted by Crippen LogP contribution is -2.64. The van der Waals surface area contributed by atoms with E-state index in [1.165, 1.54) is 27.7 Å². The minimum Gasteiger partial charge on any atom is -0.462 e. The van der Waals surface area contributed by atoms with Crippen molar-refractivity contribution in [2.75, 3.05) is 14.1 Å². The predicted octanol–water partition coefficient (Wildman–Crippen LogP) is 4.64. The van der Waals surface area contributed by atoms with Crippen LogP contribution in [0, 0.1) is 22.7 Å². The molecule has 0 heterocycles. The minimum atomic E-state index is -1.58. The standard InChI is InChI=1S/C39H53NO11/c1-20-28-17-27-18-29(47-22(3)41)21(2)32(38(27,7)8)35(49-24(5)43)36(50-25(6)44)39(28,9)31(48-23(4)42)19-30(20)51-37(46)34(45)33(40(10)11)26-15-13-12-14-16-26/h12-16,27-31,33-36,45H,1,17-19H2,2-11H3/t27?,28-,29+,30+,31+,33?,34-,35-,36+,39+/m1/s1. The molecule has 12 nitrogen and oxygen atoms in total. The number of ether oxygens (including phenoxy) is 5. The summed E-state index contributed by atoms with van der Waals surface area (Å²) < 4.78 is 30.1. The van der Waals surface area contributed by atoms with Crippen LogP contribution < -0.4 is 0 Å². The van der Waals surface area contributed by atoms with Gasteiger partial charge in [0.25, 0.3) is 0 Å². The van der Waals surface area contributed by atoms with E-state index in [0.717, 1.165) is 0 Å². The van der Waals surface area contributed by atoms with Gasteiger partial charge in [0, 0.05) is 34.1 Å². The summed E-state index contributed by atoms with van der Waals surface area (Å²) in [7, 11) is 3.50. The van der Waals surface area contributed by atoms with E-state index in [9.17, 15) is 29.1 Å². The van der Waals surface area contributed by atoms with Gasteiger partial charge in [-0.3, -0.25) is 24.1 Å². The van der Waals surface area contributed by atoms with Crippen LogP contribution in [0.4, 0.5) is 0 Å². The van der Waals surface area contributed by atoms with Crippen LogP contribution in [0.5, 0.6) is 0 Å². The number of aliphatic hydroxyl groups excluding tert-OH is 1. The largest absolute Gasteiger partial charge is 0.462 e. The highest BCUT2D eigenvalue weighted by atomic mass is 16.6. The van der Waals surface area contributed by atoms with Crippen molar-refractivity contribution >= 4 is 29.8 Å². The van der Waals surface area contributed by atoms with Crippen LogP contribution in [-0.4, -0.2) is 90.6 Å². The van der Waals surface area contributed by atoms with Gasteiger partial charge in [-0.25, -0.2) is 4.79 Å². The third-order valence-corrected chi connectivity index (χ3v) is 11.2. The third-order valence-electron chi connectivity index (χ3n) is 11.2. The number of nitrogens with zero attached hydrogens (tertiary/aromatic N) is 1. The fourth-order valence-electron chi connectivity index (χ4n) is 8.87. The monoisotopic (exact) mass is 711 g/mol. The van der Waals surface area contributed by atoms with Crippen molar-refractivity contribution in [2.45, 2.75) is 117 Å². The average Bonchev–Trinajstić information content (AvgIpc) is 3.01. The number of hydrogen-bond acceptors (Lipinski definition) is 12. The molecule has 1 aromatic rings. The number of fused-ring (bicyclic) bond motifs is 3. The predicted molar refractivity (Wildman–Crippen MR) is 186 cm³/mol. The van der Waals surface area contributed by atoms with E-state index in [1.807, 2.05) is 58.0 Å². The van der Waals surface area contributed by atoms with Crippen LogP contribution >= 0.6 is 0 Å². The molecule has 2 bridgehead atoms. The second kappa shape index (κ2) is 15.3. The molecule has 2 fully saturated rings. The average molecular weight is 712 g/mol. The lowest BCUT2D eigenvalue weighted by atomic mass is 9.49. The van der Waals surface area contributed by atoms with E-state index in [1.54, 1.807) is 19.0 Å². The van der Waals surface area contributed by atoms with Crippen molar-refractivity contribution in [2.24, 2.45) is 22.7 Å². The summed E-state index contributed by atoms with van der Waals surface area (Å²) in [4.78, 5) is 66.3. The number of aliphatic hydroxyl groups is 1. The fraction of sp³-hybridized carbons (Fsp3) is 0.615. The highest BCUT2D eigenvalue weighted by Crippen LogP contribution is 2.61. The molecule has 0 spiro atoms.